The number of para-hydroxylation sites is 1. The second kappa shape index (κ2) is 7.64. The summed E-state index contributed by atoms with van der Waals surface area (Å²) in [6.07, 6.45) is -3.59. The Morgan fingerprint density at radius 3 is 2.52 bits per heavy atom. The molecule has 2 rings (SSSR count). The first kappa shape index (κ1) is 18.9. The van der Waals surface area contributed by atoms with Crippen LogP contribution in [-0.2, 0) is 11.0 Å². The fraction of sp³-hybridized carbons (Fsp3) is 0.250. The number of alkyl halides is 3. The van der Waals surface area contributed by atoms with Crippen molar-refractivity contribution in [3.8, 4) is 0 Å². The predicted molar refractivity (Wildman–Crippen MR) is 87.4 cm³/mol. The average molecular weight is 369 g/mol. The van der Waals surface area contributed by atoms with Crippen molar-refractivity contribution in [3.63, 3.8) is 0 Å². The molecule has 1 amide bonds. The summed E-state index contributed by atoms with van der Waals surface area (Å²) in [4.78, 5) is 31.0. The number of thioether (sulfide) groups is 1. The predicted octanol–water partition coefficient (Wildman–Crippen LogP) is 3.82. The number of hydrogen-bond acceptors (Lipinski definition) is 5. The molecule has 0 bridgehead atoms. The summed E-state index contributed by atoms with van der Waals surface area (Å²) in [6, 6.07) is 7.24. The van der Waals surface area contributed by atoms with Crippen molar-refractivity contribution in [2.45, 2.75) is 30.4 Å². The molecule has 0 saturated heterocycles. The second-order valence-electron chi connectivity index (χ2n) is 5.07. The van der Waals surface area contributed by atoms with Gasteiger partial charge in [-0.3, -0.25) is 9.59 Å². The highest BCUT2D eigenvalue weighted by Crippen LogP contribution is 2.29. The van der Waals surface area contributed by atoms with Gasteiger partial charge in [-0.15, -0.1) is 0 Å². The molecule has 1 heterocycles. The topological polar surface area (TPSA) is 72.0 Å². The number of carbonyl (C=O) groups is 2. The molecule has 1 atom stereocenters. The molecule has 1 unspecified atom stereocenters. The number of nitrogens with one attached hydrogen (secondary N) is 1. The van der Waals surface area contributed by atoms with Gasteiger partial charge >= 0.3 is 6.18 Å². The van der Waals surface area contributed by atoms with Gasteiger partial charge in [-0.25, -0.2) is 9.97 Å². The first-order chi connectivity index (χ1) is 11.7. The van der Waals surface area contributed by atoms with E-state index in [2.05, 4.69) is 15.3 Å². The fourth-order valence-corrected chi connectivity index (χ4v) is 2.66. The van der Waals surface area contributed by atoms with Crippen molar-refractivity contribution >= 4 is 29.1 Å². The van der Waals surface area contributed by atoms with E-state index in [0.29, 0.717) is 11.3 Å². The van der Waals surface area contributed by atoms with E-state index in [0.717, 1.165) is 24.0 Å². The van der Waals surface area contributed by atoms with E-state index in [4.69, 9.17) is 0 Å². The third-order valence-electron chi connectivity index (χ3n) is 3.14. The number of anilines is 1. The number of benzene rings is 1. The highest BCUT2D eigenvalue weighted by atomic mass is 32.2. The Kier molecular flexibility index (Phi) is 5.78. The van der Waals surface area contributed by atoms with Crippen LogP contribution in [0.15, 0.2) is 41.7 Å². The summed E-state index contributed by atoms with van der Waals surface area (Å²) in [6.45, 7) is 2.89. The number of Topliss-reactive ketones (excluding diaryl/α,β-unsaturated/α-hetero) is 1. The lowest BCUT2D eigenvalue weighted by molar-refractivity contribution is -0.141. The molecule has 2 aromatic rings. The van der Waals surface area contributed by atoms with Crippen molar-refractivity contribution < 1.29 is 22.8 Å². The molecule has 1 aromatic carbocycles. The number of rotatable bonds is 5. The van der Waals surface area contributed by atoms with E-state index in [-0.39, 0.29) is 10.9 Å². The molecule has 1 aromatic heterocycles. The molecule has 5 nitrogen and oxygen atoms in total. The summed E-state index contributed by atoms with van der Waals surface area (Å²) in [5, 5.41) is 1.68. The maximum Gasteiger partial charge on any atom is 0.433 e. The lowest BCUT2D eigenvalue weighted by Crippen LogP contribution is -2.24. The van der Waals surface area contributed by atoms with Crippen molar-refractivity contribution in [1.29, 1.82) is 0 Å². The zero-order valence-corrected chi connectivity index (χ0v) is 14.1. The summed E-state index contributed by atoms with van der Waals surface area (Å²) >= 11 is 0.796. The van der Waals surface area contributed by atoms with Crippen LogP contribution in [0.2, 0.25) is 0 Å². The summed E-state index contributed by atoms with van der Waals surface area (Å²) < 4.78 is 38.0. The van der Waals surface area contributed by atoms with Gasteiger partial charge in [0, 0.05) is 11.8 Å². The lowest BCUT2D eigenvalue weighted by atomic mass is 10.1. The van der Waals surface area contributed by atoms with Crippen LogP contribution >= 0.6 is 11.8 Å². The summed E-state index contributed by atoms with van der Waals surface area (Å²) in [5.74, 6) is -0.683. The Balaban J connectivity index is 2.10. The molecule has 0 spiro atoms. The molecule has 132 valence electrons. The highest BCUT2D eigenvalue weighted by molar-refractivity contribution is 8.00. The average Bonchev–Trinajstić information content (AvgIpc) is 2.54. The first-order valence-corrected chi connectivity index (χ1v) is 8.04. The first-order valence-electron chi connectivity index (χ1n) is 7.16. The van der Waals surface area contributed by atoms with Crippen molar-refractivity contribution in [1.82, 2.24) is 9.97 Å². The van der Waals surface area contributed by atoms with Crippen LogP contribution in [0.3, 0.4) is 0 Å². The smallest absolute Gasteiger partial charge is 0.324 e. The molecular formula is C16H14F3N3O2S. The summed E-state index contributed by atoms with van der Waals surface area (Å²) in [5.41, 5.74) is -0.375. The van der Waals surface area contributed by atoms with Gasteiger partial charge in [0.05, 0.1) is 10.9 Å². The van der Waals surface area contributed by atoms with Gasteiger partial charge in [0.25, 0.3) is 0 Å². The van der Waals surface area contributed by atoms with Crippen molar-refractivity contribution in [2.24, 2.45) is 0 Å². The number of amides is 1. The van der Waals surface area contributed by atoms with Gasteiger partial charge in [0.15, 0.2) is 10.9 Å². The van der Waals surface area contributed by atoms with Gasteiger partial charge < -0.3 is 5.32 Å². The number of carbonyl (C=O) groups excluding carboxylic acids is 2. The number of hydrogen-bond donors (Lipinski definition) is 1. The third-order valence-corrected chi connectivity index (χ3v) is 4.11. The zero-order valence-electron chi connectivity index (χ0n) is 13.3. The molecular weight excluding hydrogens is 355 g/mol. The van der Waals surface area contributed by atoms with E-state index < -0.39 is 23.0 Å². The molecule has 0 fully saturated rings. The Labute approximate surface area is 146 Å². The molecule has 0 aliphatic rings. The minimum absolute atomic E-state index is 0.155. The Morgan fingerprint density at radius 2 is 1.88 bits per heavy atom. The second-order valence-corrected chi connectivity index (χ2v) is 6.38. The van der Waals surface area contributed by atoms with Gasteiger partial charge in [-0.05, 0) is 32.0 Å². The molecule has 0 aliphatic carbocycles. The Bertz CT molecular complexity index is 796. The number of ketones is 1. The minimum Gasteiger partial charge on any atom is -0.324 e. The van der Waals surface area contributed by atoms with Crippen LogP contribution in [0.25, 0.3) is 0 Å². The van der Waals surface area contributed by atoms with Crippen LogP contribution in [0, 0.1) is 0 Å². The van der Waals surface area contributed by atoms with E-state index in [1.54, 1.807) is 24.3 Å². The van der Waals surface area contributed by atoms with Gasteiger partial charge in [0.1, 0.15) is 5.69 Å². The third kappa shape index (κ3) is 5.02. The highest BCUT2D eigenvalue weighted by Gasteiger charge is 2.33. The Hall–Kier alpha value is -2.42. The molecule has 0 radical (unpaired) electrons. The molecule has 25 heavy (non-hydrogen) atoms. The maximum atomic E-state index is 12.7. The van der Waals surface area contributed by atoms with Crippen LogP contribution < -0.4 is 5.32 Å². The monoisotopic (exact) mass is 369 g/mol. The van der Waals surface area contributed by atoms with Crippen LogP contribution in [-0.4, -0.2) is 26.9 Å². The number of aromatic nitrogens is 2. The van der Waals surface area contributed by atoms with Crippen LogP contribution in [0.4, 0.5) is 18.9 Å². The minimum atomic E-state index is -4.58. The molecule has 0 aliphatic heterocycles. The standard InChI is InChI=1S/C16H14F3N3O2S/c1-9(23)11-5-3-4-6-12(11)21-14(24)10(2)25-15-20-8-7-13(22-15)16(17,18)19/h3-8,10H,1-2H3,(H,21,24). The van der Waals surface area contributed by atoms with E-state index in [9.17, 15) is 22.8 Å². The maximum absolute atomic E-state index is 12.7. The van der Waals surface area contributed by atoms with Crippen LogP contribution in [0.1, 0.15) is 29.9 Å². The van der Waals surface area contributed by atoms with Crippen molar-refractivity contribution in [3.05, 3.63) is 47.8 Å². The van der Waals surface area contributed by atoms with Gasteiger partial charge in [-0.1, -0.05) is 23.9 Å². The van der Waals surface area contributed by atoms with Gasteiger partial charge in [-0.2, -0.15) is 13.2 Å². The summed E-state index contributed by atoms with van der Waals surface area (Å²) in [7, 11) is 0. The van der Waals surface area contributed by atoms with E-state index in [1.807, 2.05) is 0 Å². The molecule has 0 saturated carbocycles. The quantitative estimate of drug-likeness (QED) is 0.493. The Morgan fingerprint density at radius 1 is 1.20 bits per heavy atom. The van der Waals surface area contributed by atoms with Crippen LogP contribution in [0.5, 0.6) is 0 Å². The normalized spacial score (nSPS) is 12.5. The van der Waals surface area contributed by atoms with Crippen molar-refractivity contribution in [2.75, 3.05) is 5.32 Å². The molecule has 9 heteroatoms. The SMILES string of the molecule is CC(=O)c1ccccc1NC(=O)C(C)Sc1nccc(C(F)(F)F)n1. The fourth-order valence-electron chi connectivity index (χ4n) is 1.90. The van der Waals surface area contributed by atoms with E-state index in [1.165, 1.54) is 13.8 Å². The number of halogens is 3. The zero-order chi connectivity index (χ0) is 18.6. The molecule has 1 N–H and O–H groups in total. The number of nitrogens with zero attached hydrogens (tertiary/aromatic N) is 2. The van der Waals surface area contributed by atoms with E-state index >= 15 is 0 Å². The lowest BCUT2D eigenvalue weighted by Gasteiger charge is -2.13. The van der Waals surface area contributed by atoms with Gasteiger partial charge in [0.2, 0.25) is 5.91 Å². The largest absolute Gasteiger partial charge is 0.433 e.